The monoisotopic (exact) mass is 229 g/mol. The van der Waals surface area contributed by atoms with Crippen molar-refractivity contribution in [3.05, 3.63) is 42.0 Å². The molecule has 0 aliphatic rings. The highest BCUT2D eigenvalue weighted by Crippen LogP contribution is 2.24. The highest BCUT2D eigenvalue weighted by molar-refractivity contribution is 5.85. The minimum absolute atomic E-state index is 0.103. The molecule has 1 unspecified atom stereocenters. The predicted octanol–water partition coefficient (Wildman–Crippen LogP) is 3.41. The highest BCUT2D eigenvalue weighted by atomic mass is 16.5. The van der Waals surface area contributed by atoms with Crippen LogP contribution in [0, 0.1) is 0 Å². The molecule has 0 aromatic heterocycles. The van der Waals surface area contributed by atoms with Crippen molar-refractivity contribution in [1.82, 2.24) is 0 Å². The second-order valence-electron chi connectivity index (χ2n) is 4.03. The summed E-state index contributed by atoms with van der Waals surface area (Å²) in [6.45, 7) is 1.99. The van der Waals surface area contributed by atoms with E-state index in [0.717, 1.165) is 22.1 Å². The second-order valence-corrected chi connectivity index (χ2v) is 4.03. The van der Waals surface area contributed by atoms with Crippen LogP contribution in [0.4, 0.5) is 0 Å². The Balaban J connectivity index is 2.44. The first-order valence-corrected chi connectivity index (χ1v) is 5.50. The van der Waals surface area contributed by atoms with Crippen LogP contribution in [0.2, 0.25) is 0 Å². The van der Waals surface area contributed by atoms with Crippen LogP contribution in [0.5, 0.6) is 5.75 Å². The van der Waals surface area contributed by atoms with Gasteiger partial charge < -0.3 is 9.94 Å². The van der Waals surface area contributed by atoms with Crippen molar-refractivity contribution < 1.29 is 9.94 Å². The molecule has 3 heteroatoms. The van der Waals surface area contributed by atoms with E-state index in [-0.39, 0.29) is 5.92 Å². The van der Waals surface area contributed by atoms with Crippen LogP contribution in [-0.4, -0.2) is 18.5 Å². The molecule has 0 heterocycles. The number of benzene rings is 2. The first-order chi connectivity index (χ1) is 8.24. The molecule has 1 N–H and O–H groups in total. The predicted molar refractivity (Wildman–Crippen MR) is 69.2 cm³/mol. The van der Waals surface area contributed by atoms with E-state index in [1.807, 2.05) is 31.2 Å². The number of rotatable bonds is 3. The number of oxime groups is 1. The Bertz CT molecular complexity index is 549. The quantitative estimate of drug-likeness (QED) is 0.498. The van der Waals surface area contributed by atoms with Gasteiger partial charge in [0.2, 0.25) is 0 Å². The lowest BCUT2D eigenvalue weighted by Crippen LogP contribution is -1.94. The highest BCUT2D eigenvalue weighted by Gasteiger charge is 2.04. The van der Waals surface area contributed by atoms with Crippen LogP contribution >= 0.6 is 0 Å². The Kier molecular flexibility index (Phi) is 3.28. The van der Waals surface area contributed by atoms with Crippen molar-refractivity contribution in [2.24, 2.45) is 5.16 Å². The number of nitrogens with zero attached hydrogens (tertiary/aromatic N) is 1. The smallest absolute Gasteiger partial charge is 0.119 e. The molecule has 2 aromatic rings. The second kappa shape index (κ2) is 4.87. The van der Waals surface area contributed by atoms with Crippen molar-refractivity contribution in [2.45, 2.75) is 12.8 Å². The Labute approximate surface area is 100 Å². The molecule has 0 bridgehead atoms. The molecule has 0 radical (unpaired) electrons. The largest absolute Gasteiger partial charge is 0.497 e. The molecule has 17 heavy (non-hydrogen) atoms. The summed E-state index contributed by atoms with van der Waals surface area (Å²) in [5.41, 5.74) is 1.13. The Morgan fingerprint density at radius 1 is 1.18 bits per heavy atom. The lowest BCUT2D eigenvalue weighted by Gasteiger charge is -2.08. The zero-order valence-corrected chi connectivity index (χ0v) is 9.92. The van der Waals surface area contributed by atoms with Gasteiger partial charge in [-0.25, -0.2) is 0 Å². The van der Waals surface area contributed by atoms with E-state index >= 15 is 0 Å². The van der Waals surface area contributed by atoms with Crippen LogP contribution in [-0.2, 0) is 0 Å². The Morgan fingerprint density at radius 2 is 1.88 bits per heavy atom. The molecular formula is C14H15NO2. The molecule has 0 spiro atoms. The van der Waals surface area contributed by atoms with Gasteiger partial charge in [-0.05, 0) is 28.5 Å². The summed E-state index contributed by atoms with van der Waals surface area (Å²) in [7, 11) is 1.66. The molecule has 0 aliphatic heterocycles. The summed E-state index contributed by atoms with van der Waals surface area (Å²) >= 11 is 0. The van der Waals surface area contributed by atoms with E-state index < -0.39 is 0 Å². The fraction of sp³-hybridized carbons (Fsp3) is 0.214. The van der Waals surface area contributed by atoms with Crippen LogP contribution in [0.3, 0.4) is 0 Å². The molecule has 0 saturated heterocycles. The molecule has 1 atom stereocenters. The van der Waals surface area contributed by atoms with Gasteiger partial charge in [0.15, 0.2) is 0 Å². The third-order valence-corrected chi connectivity index (χ3v) is 2.89. The third-order valence-electron chi connectivity index (χ3n) is 2.89. The first-order valence-electron chi connectivity index (χ1n) is 5.50. The van der Waals surface area contributed by atoms with Crippen LogP contribution < -0.4 is 4.74 Å². The van der Waals surface area contributed by atoms with Gasteiger partial charge in [-0.1, -0.05) is 31.2 Å². The summed E-state index contributed by atoms with van der Waals surface area (Å²) in [5, 5.41) is 13.9. The normalized spacial score (nSPS) is 13.1. The lowest BCUT2D eigenvalue weighted by molar-refractivity contribution is 0.320. The van der Waals surface area contributed by atoms with E-state index in [2.05, 4.69) is 17.3 Å². The summed E-state index contributed by atoms with van der Waals surface area (Å²) in [5.74, 6) is 0.960. The topological polar surface area (TPSA) is 41.8 Å². The summed E-state index contributed by atoms with van der Waals surface area (Å²) < 4.78 is 5.18. The summed E-state index contributed by atoms with van der Waals surface area (Å²) in [4.78, 5) is 0. The Hall–Kier alpha value is -2.03. The average molecular weight is 229 g/mol. The third kappa shape index (κ3) is 2.38. The maximum Gasteiger partial charge on any atom is 0.119 e. The molecule has 0 aliphatic carbocycles. The van der Waals surface area contributed by atoms with Crippen molar-refractivity contribution in [1.29, 1.82) is 0 Å². The minimum Gasteiger partial charge on any atom is -0.497 e. The standard InChI is InChI=1S/C14H15NO2/c1-10(9-15-16)11-3-4-13-8-14(17-2)6-5-12(13)7-11/h3-10,16H,1-2H3/b15-9-. The molecule has 0 fully saturated rings. The van der Waals surface area contributed by atoms with Gasteiger partial charge in [0.05, 0.1) is 13.3 Å². The van der Waals surface area contributed by atoms with Crippen molar-refractivity contribution in [3.8, 4) is 5.75 Å². The van der Waals surface area contributed by atoms with Crippen molar-refractivity contribution >= 4 is 17.0 Å². The summed E-state index contributed by atoms with van der Waals surface area (Å²) in [6.07, 6.45) is 1.52. The fourth-order valence-electron chi connectivity index (χ4n) is 1.84. The molecule has 2 rings (SSSR count). The van der Waals surface area contributed by atoms with Crippen LogP contribution in [0.15, 0.2) is 41.6 Å². The Morgan fingerprint density at radius 3 is 2.59 bits per heavy atom. The van der Waals surface area contributed by atoms with Gasteiger partial charge in [0, 0.05) is 5.92 Å². The maximum absolute atomic E-state index is 8.53. The maximum atomic E-state index is 8.53. The van der Waals surface area contributed by atoms with Crippen molar-refractivity contribution in [2.75, 3.05) is 7.11 Å². The van der Waals surface area contributed by atoms with Crippen molar-refractivity contribution in [3.63, 3.8) is 0 Å². The average Bonchev–Trinajstić information content (AvgIpc) is 2.37. The van der Waals surface area contributed by atoms with E-state index in [9.17, 15) is 0 Å². The fourth-order valence-corrected chi connectivity index (χ4v) is 1.84. The zero-order valence-electron chi connectivity index (χ0n) is 9.92. The molecule has 0 saturated carbocycles. The minimum atomic E-state index is 0.103. The van der Waals surface area contributed by atoms with E-state index in [1.165, 1.54) is 6.21 Å². The van der Waals surface area contributed by atoms with Crippen LogP contribution in [0.1, 0.15) is 18.4 Å². The number of fused-ring (bicyclic) bond motifs is 1. The molecule has 2 aromatic carbocycles. The van der Waals surface area contributed by atoms with E-state index in [4.69, 9.17) is 9.94 Å². The van der Waals surface area contributed by atoms with Crippen LogP contribution in [0.25, 0.3) is 10.8 Å². The molecule has 0 amide bonds. The van der Waals surface area contributed by atoms with Gasteiger partial charge in [0.1, 0.15) is 5.75 Å². The van der Waals surface area contributed by atoms with Gasteiger partial charge in [-0.3, -0.25) is 0 Å². The lowest BCUT2D eigenvalue weighted by atomic mass is 9.99. The molecule has 3 nitrogen and oxygen atoms in total. The summed E-state index contributed by atoms with van der Waals surface area (Å²) in [6, 6.07) is 12.2. The number of hydrogen-bond acceptors (Lipinski definition) is 3. The molecule has 88 valence electrons. The first kappa shape index (κ1) is 11.5. The van der Waals surface area contributed by atoms with Gasteiger partial charge in [-0.15, -0.1) is 5.16 Å². The van der Waals surface area contributed by atoms with Gasteiger partial charge >= 0.3 is 0 Å². The van der Waals surface area contributed by atoms with E-state index in [0.29, 0.717) is 0 Å². The SMILES string of the molecule is COc1ccc2cc(C(C)/C=N\O)ccc2c1. The zero-order chi connectivity index (χ0) is 12.3. The number of methoxy groups -OCH3 is 1. The van der Waals surface area contributed by atoms with Gasteiger partial charge in [-0.2, -0.15) is 0 Å². The number of ether oxygens (including phenoxy) is 1. The van der Waals surface area contributed by atoms with Gasteiger partial charge in [0.25, 0.3) is 0 Å². The molecular weight excluding hydrogens is 214 g/mol. The van der Waals surface area contributed by atoms with E-state index in [1.54, 1.807) is 7.11 Å². The number of hydrogen-bond donors (Lipinski definition) is 1.